The summed E-state index contributed by atoms with van der Waals surface area (Å²) in [6, 6.07) is 10.2. The van der Waals surface area contributed by atoms with Gasteiger partial charge in [0, 0.05) is 30.2 Å². The van der Waals surface area contributed by atoms with Crippen LogP contribution in [0.25, 0.3) is 0 Å². The summed E-state index contributed by atoms with van der Waals surface area (Å²) in [4.78, 5) is 37.1. The third kappa shape index (κ3) is 6.58. The average molecular weight is 450 g/mol. The van der Waals surface area contributed by atoms with Gasteiger partial charge in [-0.1, -0.05) is 23.7 Å². The molecule has 0 aliphatic rings. The van der Waals surface area contributed by atoms with Gasteiger partial charge in [0.15, 0.2) is 6.61 Å². The highest BCUT2D eigenvalue weighted by molar-refractivity contribution is 6.30. The number of likely N-dealkylation sites (N-methyl/N-ethyl adjacent to an activating group) is 1. The summed E-state index contributed by atoms with van der Waals surface area (Å²) in [5.41, 5.74) is 0.585. The first-order chi connectivity index (χ1) is 14.8. The Kier molecular flexibility index (Phi) is 8.63. The lowest BCUT2D eigenvalue weighted by Crippen LogP contribution is -2.49. The number of benzene rings is 2. The highest BCUT2D eigenvalue weighted by Crippen LogP contribution is 2.30. The van der Waals surface area contributed by atoms with E-state index in [2.05, 4.69) is 5.32 Å². The smallest absolute Gasteiger partial charge is 0.311 e. The molecule has 31 heavy (non-hydrogen) atoms. The molecule has 1 N–H and O–H groups in total. The quantitative estimate of drug-likeness (QED) is 0.440. The van der Waals surface area contributed by atoms with Crippen molar-refractivity contribution in [3.05, 3.63) is 63.2 Å². The number of halogens is 1. The predicted molar refractivity (Wildman–Crippen MR) is 115 cm³/mol. The van der Waals surface area contributed by atoms with Gasteiger partial charge in [0.05, 0.1) is 12.0 Å². The summed E-state index contributed by atoms with van der Waals surface area (Å²) in [6.45, 7) is 3.68. The topological polar surface area (TPSA) is 111 Å². The van der Waals surface area contributed by atoms with E-state index in [1.54, 1.807) is 38.1 Å². The molecule has 1 atom stereocenters. The molecular weight excluding hydrogens is 426 g/mol. The van der Waals surface area contributed by atoms with Crippen LogP contribution in [-0.4, -0.2) is 47.9 Å². The zero-order valence-electron chi connectivity index (χ0n) is 17.5. The molecule has 0 aromatic heterocycles. The number of carbonyl (C=O) groups is 2. The van der Waals surface area contributed by atoms with Crippen LogP contribution < -0.4 is 14.8 Å². The highest BCUT2D eigenvalue weighted by atomic mass is 35.5. The zero-order valence-corrected chi connectivity index (χ0v) is 18.2. The molecule has 0 heterocycles. The normalized spacial score (nSPS) is 11.4. The van der Waals surface area contributed by atoms with Gasteiger partial charge in [-0.2, -0.15) is 0 Å². The molecule has 10 heteroatoms. The first kappa shape index (κ1) is 23.9. The number of ether oxygens (including phenoxy) is 2. The minimum atomic E-state index is -0.738. The van der Waals surface area contributed by atoms with Gasteiger partial charge in [0.1, 0.15) is 11.8 Å². The summed E-state index contributed by atoms with van der Waals surface area (Å²) in [5.74, 6) is -0.468. The second-order valence-corrected chi connectivity index (χ2v) is 7.03. The number of rotatable bonds is 10. The van der Waals surface area contributed by atoms with E-state index in [-0.39, 0.29) is 36.2 Å². The van der Waals surface area contributed by atoms with Crippen molar-refractivity contribution in [2.45, 2.75) is 26.4 Å². The Bertz CT molecular complexity index is 935. The van der Waals surface area contributed by atoms with Crippen LogP contribution in [0.3, 0.4) is 0 Å². The van der Waals surface area contributed by atoms with Crippen LogP contribution in [0.2, 0.25) is 5.02 Å². The molecule has 0 aliphatic heterocycles. The van der Waals surface area contributed by atoms with Crippen molar-refractivity contribution >= 4 is 29.1 Å². The molecule has 0 bridgehead atoms. The predicted octanol–water partition coefficient (Wildman–Crippen LogP) is 3.19. The fourth-order valence-corrected chi connectivity index (χ4v) is 2.94. The molecule has 0 aliphatic carbocycles. The van der Waals surface area contributed by atoms with Gasteiger partial charge in [-0.3, -0.25) is 19.7 Å². The van der Waals surface area contributed by atoms with E-state index in [1.807, 2.05) is 0 Å². The Hall–Kier alpha value is -3.33. The third-order valence-corrected chi connectivity index (χ3v) is 4.75. The number of methoxy groups -OCH3 is 1. The Morgan fingerprint density at radius 2 is 1.90 bits per heavy atom. The fraction of sp³-hybridized carbons (Fsp3) is 0.333. The monoisotopic (exact) mass is 449 g/mol. The number of nitrogens with one attached hydrogen (secondary N) is 1. The SMILES string of the molecule is CCNC(=O)[C@H](C)N(Cc1ccc(Cl)cc1)C(=O)COc1ccc([N+](=O)[O-])c(OC)c1. The van der Waals surface area contributed by atoms with Crippen LogP contribution in [0.1, 0.15) is 19.4 Å². The van der Waals surface area contributed by atoms with Gasteiger partial charge < -0.3 is 19.7 Å². The number of hydrogen-bond donors (Lipinski definition) is 1. The van der Waals surface area contributed by atoms with Crippen LogP contribution in [-0.2, 0) is 16.1 Å². The van der Waals surface area contributed by atoms with Crippen LogP contribution >= 0.6 is 11.6 Å². The van der Waals surface area contributed by atoms with Gasteiger partial charge in [0.2, 0.25) is 11.7 Å². The molecule has 2 rings (SSSR count). The van der Waals surface area contributed by atoms with Crippen molar-refractivity contribution < 1.29 is 24.0 Å². The van der Waals surface area contributed by atoms with E-state index >= 15 is 0 Å². The van der Waals surface area contributed by atoms with E-state index in [9.17, 15) is 19.7 Å². The van der Waals surface area contributed by atoms with Crippen LogP contribution in [0, 0.1) is 10.1 Å². The molecule has 0 radical (unpaired) electrons. The number of nitrogens with zero attached hydrogens (tertiary/aromatic N) is 2. The first-order valence-electron chi connectivity index (χ1n) is 9.53. The van der Waals surface area contributed by atoms with E-state index in [4.69, 9.17) is 21.1 Å². The van der Waals surface area contributed by atoms with E-state index in [0.717, 1.165) is 5.56 Å². The first-order valence-corrected chi connectivity index (χ1v) is 9.91. The summed E-state index contributed by atoms with van der Waals surface area (Å²) in [6.07, 6.45) is 0. The molecule has 0 saturated heterocycles. The molecule has 0 saturated carbocycles. The number of carbonyl (C=O) groups excluding carboxylic acids is 2. The summed E-state index contributed by atoms with van der Waals surface area (Å²) < 4.78 is 10.5. The Morgan fingerprint density at radius 1 is 1.23 bits per heavy atom. The lowest BCUT2D eigenvalue weighted by atomic mass is 10.1. The second kappa shape index (κ2) is 11.2. The third-order valence-electron chi connectivity index (χ3n) is 4.49. The minimum Gasteiger partial charge on any atom is -0.490 e. The van der Waals surface area contributed by atoms with Crippen molar-refractivity contribution in [1.82, 2.24) is 10.2 Å². The largest absolute Gasteiger partial charge is 0.490 e. The van der Waals surface area contributed by atoms with Crippen molar-refractivity contribution in [1.29, 1.82) is 0 Å². The Balaban J connectivity index is 2.17. The van der Waals surface area contributed by atoms with Gasteiger partial charge in [0.25, 0.3) is 5.91 Å². The maximum Gasteiger partial charge on any atom is 0.311 e. The van der Waals surface area contributed by atoms with E-state index < -0.39 is 16.9 Å². The molecule has 2 amide bonds. The molecule has 0 spiro atoms. The molecule has 0 unspecified atom stereocenters. The van der Waals surface area contributed by atoms with Crippen molar-refractivity contribution in [2.24, 2.45) is 0 Å². The number of amides is 2. The zero-order chi connectivity index (χ0) is 23.0. The van der Waals surface area contributed by atoms with E-state index in [1.165, 1.54) is 30.2 Å². The maximum absolute atomic E-state index is 12.9. The molecule has 2 aromatic rings. The van der Waals surface area contributed by atoms with Gasteiger partial charge in [-0.15, -0.1) is 0 Å². The van der Waals surface area contributed by atoms with Crippen molar-refractivity contribution in [3.8, 4) is 11.5 Å². The Labute approximate surface area is 185 Å². The van der Waals surface area contributed by atoms with E-state index in [0.29, 0.717) is 11.6 Å². The number of nitro groups is 1. The van der Waals surface area contributed by atoms with Crippen molar-refractivity contribution in [2.75, 3.05) is 20.3 Å². The molecule has 166 valence electrons. The van der Waals surface area contributed by atoms with Crippen molar-refractivity contribution in [3.63, 3.8) is 0 Å². The summed E-state index contributed by atoms with van der Waals surface area (Å²) >= 11 is 5.92. The summed E-state index contributed by atoms with van der Waals surface area (Å²) in [5, 5.41) is 14.3. The number of nitro benzene ring substituents is 1. The lowest BCUT2D eigenvalue weighted by Gasteiger charge is -2.28. The standard InChI is InChI=1S/C21H24ClN3O6/c1-4-23-21(27)14(2)24(12-15-5-7-16(22)8-6-15)20(26)13-31-17-9-10-18(25(28)29)19(11-17)30-3/h5-11,14H,4,12-13H2,1-3H3,(H,23,27)/t14-/m0/s1. The molecule has 0 fully saturated rings. The van der Waals surface area contributed by atoms with Gasteiger partial charge in [-0.25, -0.2) is 0 Å². The Morgan fingerprint density at radius 3 is 2.48 bits per heavy atom. The second-order valence-electron chi connectivity index (χ2n) is 6.60. The lowest BCUT2D eigenvalue weighted by molar-refractivity contribution is -0.385. The number of hydrogen-bond acceptors (Lipinski definition) is 6. The molecule has 9 nitrogen and oxygen atoms in total. The molecule has 2 aromatic carbocycles. The van der Waals surface area contributed by atoms with Crippen LogP contribution in [0.15, 0.2) is 42.5 Å². The van der Waals surface area contributed by atoms with Gasteiger partial charge >= 0.3 is 5.69 Å². The highest BCUT2D eigenvalue weighted by Gasteiger charge is 2.26. The minimum absolute atomic E-state index is 0.0173. The van der Waals surface area contributed by atoms with Gasteiger partial charge in [-0.05, 0) is 37.6 Å². The van der Waals surface area contributed by atoms with Crippen LogP contribution in [0.5, 0.6) is 11.5 Å². The maximum atomic E-state index is 12.9. The van der Waals surface area contributed by atoms with Crippen LogP contribution in [0.4, 0.5) is 5.69 Å². The summed E-state index contributed by atoms with van der Waals surface area (Å²) in [7, 11) is 1.30. The fourth-order valence-electron chi connectivity index (χ4n) is 2.82. The average Bonchev–Trinajstić information content (AvgIpc) is 2.76. The molecular formula is C21H24ClN3O6.